The average Bonchev–Trinajstić information content (AvgIpc) is 3.30. The molecule has 1 aromatic carbocycles. The summed E-state index contributed by atoms with van der Waals surface area (Å²) in [4.78, 5) is 7.25. The first-order valence-corrected chi connectivity index (χ1v) is 11.6. The standard InChI is InChI=1S/C23H37N7O2.HI/c1-3-22-28-27-19-30(22)14-12-26-23(24-10-6-13-29-15-17-32-18-16-29)25-11-9-20-7-4-5-8-21(20)31-2;/h4-5,7-8,19H,3,6,9-18H2,1-2H3,(H2,24,25,26);1H. The average molecular weight is 572 g/mol. The summed E-state index contributed by atoms with van der Waals surface area (Å²) in [6, 6.07) is 8.14. The van der Waals surface area contributed by atoms with Crippen LogP contribution in [0.2, 0.25) is 0 Å². The fourth-order valence-electron chi connectivity index (χ4n) is 3.74. The third-order valence-electron chi connectivity index (χ3n) is 5.54. The Morgan fingerprint density at radius 3 is 2.73 bits per heavy atom. The van der Waals surface area contributed by atoms with Crippen LogP contribution in [0.15, 0.2) is 35.6 Å². The molecule has 0 saturated carbocycles. The lowest BCUT2D eigenvalue weighted by Crippen LogP contribution is -2.40. The van der Waals surface area contributed by atoms with E-state index < -0.39 is 0 Å². The van der Waals surface area contributed by atoms with Crippen molar-refractivity contribution in [1.29, 1.82) is 0 Å². The van der Waals surface area contributed by atoms with Crippen molar-refractivity contribution in [1.82, 2.24) is 30.3 Å². The molecule has 0 radical (unpaired) electrons. The van der Waals surface area contributed by atoms with Gasteiger partial charge in [0.05, 0.1) is 20.3 Å². The lowest BCUT2D eigenvalue weighted by atomic mass is 10.1. The van der Waals surface area contributed by atoms with Crippen molar-refractivity contribution < 1.29 is 9.47 Å². The minimum Gasteiger partial charge on any atom is -0.496 e. The Kier molecular flexibility index (Phi) is 13.1. The van der Waals surface area contributed by atoms with Crippen LogP contribution in [0.4, 0.5) is 0 Å². The van der Waals surface area contributed by atoms with Gasteiger partial charge in [-0.3, -0.25) is 9.89 Å². The first-order chi connectivity index (χ1) is 15.8. The van der Waals surface area contributed by atoms with E-state index in [1.165, 1.54) is 5.56 Å². The van der Waals surface area contributed by atoms with Crippen LogP contribution in [0.3, 0.4) is 0 Å². The van der Waals surface area contributed by atoms with E-state index in [0.717, 1.165) is 95.8 Å². The van der Waals surface area contributed by atoms with Crippen LogP contribution < -0.4 is 15.4 Å². The molecule has 1 fully saturated rings. The third kappa shape index (κ3) is 9.46. The Labute approximate surface area is 214 Å². The van der Waals surface area contributed by atoms with E-state index in [4.69, 9.17) is 14.5 Å². The normalized spacial score (nSPS) is 14.5. The lowest BCUT2D eigenvalue weighted by molar-refractivity contribution is 0.0377. The predicted molar refractivity (Wildman–Crippen MR) is 142 cm³/mol. The van der Waals surface area contributed by atoms with Crippen LogP contribution in [-0.4, -0.2) is 85.2 Å². The van der Waals surface area contributed by atoms with E-state index in [1.54, 1.807) is 13.4 Å². The molecule has 1 aliphatic rings. The smallest absolute Gasteiger partial charge is 0.191 e. The van der Waals surface area contributed by atoms with Crippen LogP contribution in [0.1, 0.15) is 24.7 Å². The molecule has 1 aromatic heterocycles. The molecule has 0 bridgehead atoms. The van der Waals surface area contributed by atoms with E-state index >= 15 is 0 Å². The maximum Gasteiger partial charge on any atom is 0.191 e. The number of hydrogen-bond donors (Lipinski definition) is 2. The Morgan fingerprint density at radius 2 is 1.94 bits per heavy atom. The van der Waals surface area contributed by atoms with Gasteiger partial charge in [-0.1, -0.05) is 25.1 Å². The van der Waals surface area contributed by atoms with Gasteiger partial charge in [-0.25, -0.2) is 0 Å². The number of halogens is 1. The first kappa shape index (κ1) is 27.3. The van der Waals surface area contributed by atoms with Crippen LogP contribution in [0, 0.1) is 0 Å². The van der Waals surface area contributed by atoms with Gasteiger partial charge in [0.2, 0.25) is 0 Å². The van der Waals surface area contributed by atoms with Crippen LogP contribution in [0.5, 0.6) is 5.75 Å². The molecule has 0 aliphatic carbocycles. The van der Waals surface area contributed by atoms with Gasteiger partial charge in [0.15, 0.2) is 5.96 Å². The molecule has 2 aromatic rings. The number of aryl methyl sites for hydroxylation is 1. The van der Waals surface area contributed by atoms with Crippen LogP contribution in [0.25, 0.3) is 0 Å². The second kappa shape index (κ2) is 15.8. The fraction of sp³-hybridized carbons (Fsp3) is 0.609. The second-order valence-electron chi connectivity index (χ2n) is 7.75. The molecule has 2 N–H and O–H groups in total. The molecule has 1 saturated heterocycles. The molecule has 184 valence electrons. The minimum absolute atomic E-state index is 0. The molecule has 9 nitrogen and oxygen atoms in total. The number of para-hydroxylation sites is 1. The molecule has 1 aliphatic heterocycles. The van der Waals surface area contributed by atoms with Gasteiger partial charge < -0.3 is 24.7 Å². The van der Waals surface area contributed by atoms with Gasteiger partial charge in [-0.2, -0.15) is 0 Å². The fourth-order valence-corrected chi connectivity index (χ4v) is 3.74. The number of aliphatic imine (C=N–C) groups is 1. The largest absolute Gasteiger partial charge is 0.496 e. The van der Waals surface area contributed by atoms with Crippen molar-refractivity contribution in [3.63, 3.8) is 0 Å². The zero-order valence-electron chi connectivity index (χ0n) is 19.8. The number of nitrogens with one attached hydrogen (secondary N) is 2. The van der Waals surface area contributed by atoms with E-state index in [9.17, 15) is 0 Å². The van der Waals surface area contributed by atoms with Gasteiger partial charge in [0.1, 0.15) is 17.9 Å². The summed E-state index contributed by atoms with van der Waals surface area (Å²) in [5, 5.41) is 15.1. The highest BCUT2D eigenvalue weighted by molar-refractivity contribution is 14.0. The van der Waals surface area contributed by atoms with Gasteiger partial charge >= 0.3 is 0 Å². The molecule has 0 atom stereocenters. The summed E-state index contributed by atoms with van der Waals surface area (Å²) in [5.41, 5.74) is 1.19. The van der Waals surface area contributed by atoms with Crippen LogP contribution >= 0.6 is 24.0 Å². The topological polar surface area (TPSA) is 88.8 Å². The molecule has 0 unspecified atom stereocenters. The highest BCUT2D eigenvalue weighted by Gasteiger charge is 2.09. The SMILES string of the molecule is CCc1nncn1CCNC(=NCCCN1CCOCC1)NCCc1ccccc1OC.I. The van der Waals surface area contributed by atoms with Crippen molar-refractivity contribution in [2.75, 3.05) is 59.6 Å². The van der Waals surface area contributed by atoms with Gasteiger partial charge in [-0.05, 0) is 24.5 Å². The number of hydrogen-bond acceptors (Lipinski definition) is 6. The minimum atomic E-state index is 0. The first-order valence-electron chi connectivity index (χ1n) is 11.6. The lowest BCUT2D eigenvalue weighted by Gasteiger charge is -2.26. The third-order valence-corrected chi connectivity index (χ3v) is 5.54. The maximum absolute atomic E-state index is 5.47. The predicted octanol–water partition coefficient (Wildman–Crippen LogP) is 1.97. The molecular formula is C23H38IN7O2. The van der Waals surface area contributed by atoms with E-state index in [1.807, 2.05) is 18.2 Å². The molecular weight excluding hydrogens is 533 g/mol. The number of morpholine rings is 1. The number of aromatic nitrogens is 3. The maximum atomic E-state index is 5.47. The van der Waals surface area contributed by atoms with Crippen molar-refractivity contribution >= 4 is 29.9 Å². The highest BCUT2D eigenvalue weighted by Crippen LogP contribution is 2.17. The van der Waals surface area contributed by atoms with E-state index in [2.05, 4.69) is 43.3 Å². The van der Waals surface area contributed by atoms with Crippen molar-refractivity contribution in [3.8, 4) is 5.75 Å². The summed E-state index contributed by atoms with van der Waals surface area (Å²) in [6.45, 7) is 9.99. The van der Waals surface area contributed by atoms with E-state index in [-0.39, 0.29) is 24.0 Å². The van der Waals surface area contributed by atoms with Gasteiger partial charge in [0.25, 0.3) is 0 Å². The zero-order valence-corrected chi connectivity index (χ0v) is 22.2. The van der Waals surface area contributed by atoms with E-state index in [0.29, 0.717) is 0 Å². The second-order valence-corrected chi connectivity index (χ2v) is 7.75. The van der Waals surface area contributed by atoms with Crippen molar-refractivity contribution in [2.45, 2.75) is 32.7 Å². The van der Waals surface area contributed by atoms with Crippen molar-refractivity contribution in [2.24, 2.45) is 4.99 Å². The molecule has 10 heteroatoms. The Bertz CT molecular complexity index is 825. The summed E-state index contributed by atoms with van der Waals surface area (Å²) >= 11 is 0. The Balaban J connectivity index is 0.00000385. The Hall–Kier alpha value is -1.92. The highest BCUT2D eigenvalue weighted by atomic mass is 127. The monoisotopic (exact) mass is 571 g/mol. The zero-order chi connectivity index (χ0) is 22.4. The van der Waals surface area contributed by atoms with Crippen molar-refractivity contribution in [3.05, 3.63) is 42.0 Å². The number of benzene rings is 1. The molecule has 3 rings (SSSR count). The number of rotatable bonds is 12. The summed E-state index contributed by atoms with van der Waals surface area (Å²) in [5.74, 6) is 2.76. The molecule has 2 heterocycles. The summed E-state index contributed by atoms with van der Waals surface area (Å²) in [7, 11) is 1.71. The Morgan fingerprint density at radius 1 is 1.15 bits per heavy atom. The quantitative estimate of drug-likeness (QED) is 0.174. The summed E-state index contributed by atoms with van der Waals surface area (Å²) < 4.78 is 13.0. The molecule has 0 spiro atoms. The number of nitrogens with zero attached hydrogens (tertiary/aromatic N) is 5. The van der Waals surface area contributed by atoms with Gasteiger partial charge in [0, 0.05) is 52.2 Å². The number of guanidine groups is 1. The molecule has 33 heavy (non-hydrogen) atoms. The van der Waals surface area contributed by atoms with Crippen LogP contribution in [-0.2, 0) is 24.1 Å². The number of ether oxygens (including phenoxy) is 2. The summed E-state index contributed by atoms with van der Waals surface area (Å²) in [6.07, 6.45) is 4.56. The number of methoxy groups -OCH3 is 1. The van der Waals surface area contributed by atoms with Gasteiger partial charge in [-0.15, -0.1) is 34.2 Å². The molecule has 0 amide bonds.